The first-order valence-electron chi connectivity index (χ1n) is 14.6. The number of hydrogen-bond acceptors (Lipinski definition) is 7. The number of carbonyl (C=O) groups is 2. The van der Waals surface area contributed by atoms with Crippen LogP contribution in [0.5, 0.6) is 0 Å². The van der Waals surface area contributed by atoms with E-state index in [4.69, 9.17) is 10.1 Å². The molecule has 1 aliphatic heterocycles. The van der Waals surface area contributed by atoms with Crippen LogP contribution in [0.4, 0.5) is 15.4 Å². The van der Waals surface area contributed by atoms with Crippen LogP contribution in [0.1, 0.15) is 65.4 Å². The Hall–Kier alpha value is -3.57. The van der Waals surface area contributed by atoms with Gasteiger partial charge in [-0.25, -0.2) is 14.6 Å². The van der Waals surface area contributed by atoms with Gasteiger partial charge in [-0.2, -0.15) is 0 Å². The number of carbonyl (C=O) groups excluding carboxylic acids is 2. The Morgan fingerprint density at radius 1 is 1.15 bits per heavy atom. The third-order valence-corrected chi connectivity index (χ3v) is 7.56. The van der Waals surface area contributed by atoms with Crippen molar-refractivity contribution in [3.05, 3.63) is 36.2 Å². The molecule has 41 heavy (non-hydrogen) atoms. The van der Waals surface area contributed by atoms with Crippen LogP contribution in [-0.4, -0.2) is 88.5 Å². The molecule has 222 valence electrons. The molecule has 0 atom stereocenters. The monoisotopic (exact) mass is 565 g/mol. The minimum atomic E-state index is -0.475. The highest BCUT2D eigenvalue weighted by Gasteiger charge is 2.30. The average Bonchev–Trinajstić information content (AvgIpc) is 3.35. The fourth-order valence-electron chi connectivity index (χ4n) is 5.29. The van der Waals surface area contributed by atoms with Crippen molar-refractivity contribution in [2.24, 2.45) is 0 Å². The van der Waals surface area contributed by atoms with Gasteiger partial charge >= 0.3 is 12.1 Å². The maximum Gasteiger partial charge on any atom is 0.410 e. The van der Waals surface area contributed by atoms with Crippen LogP contribution in [0.2, 0.25) is 0 Å². The van der Waals surface area contributed by atoms with Gasteiger partial charge in [0.05, 0.1) is 23.2 Å². The smallest absolute Gasteiger partial charge is 0.410 e. The number of hydrogen-bond donors (Lipinski definition) is 4. The number of anilines is 1. The van der Waals surface area contributed by atoms with E-state index in [1.165, 1.54) is 6.21 Å². The average molecular weight is 566 g/mol. The molecule has 2 aromatic heterocycles. The molecular weight excluding hydrogens is 520 g/mol. The van der Waals surface area contributed by atoms with E-state index >= 15 is 0 Å². The number of nitrogens with zero attached hydrogens (tertiary/aromatic N) is 4. The summed E-state index contributed by atoms with van der Waals surface area (Å²) in [5.74, 6) is 0.467. The lowest BCUT2D eigenvalue weighted by Gasteiger charge is -2.35. The van der Waals surface area contributed by atoms with Gasteiger partial charge in [-0.15, -0.1) is 0 Å². The molecule has 2 aromatic rings. The molecule has 0 aromatic carbocycles. The Morgan fingerprint density at radius 3 is 2.56 bits per heavy atom. The van der Waals surface area contributed by atoms with Crippen LogP contribution < -0.4 is 16.0 Å². The molecule has 1 saturated carbocycles. The van der Waals surface area contributed by atoms with Gasteiger partial charge in [0.15, 0.2) is 0 Å². The van der Waals surface area contributed by atoms with E-state index in [1.54, 1.807) is 17.2 Å². The van der Waals surface area contributed by atoms with Gasteiger partial charge in [0, 0.05) is 62.7 Å². The van der Waals surface area contributed by atoms with Gasteiger partial charge in [-0.05, 0) is 58.7 Å². The summed E-state index contributed by atoms with van der Waals surface area (Å²) >= 11 is 0. The molecule has 0 unspecified atom stereocenters. The lowest BCUT2D eigenvalue weighted by atomic mass is 10.0. The summed E-state index contributed by atoms with van der Waals surface area (Å²) in [5.41, 5.74) is 2.30. The standard InChI is InChI=1S/C30H44N8O3/c1-29(2,3)41-28(40)38-16-14-37(15-17-38)13-7-12-32-20-23(19-31)22-18-25-24(33-21-22)8-9-26(34-25)35-27(39)36-30(4)10-5-6-11-30/h8-9,18-21,31-32H,5-7,10-17H2,1-4H3,(H2,34,35,36,39)/p+1/b23-20+,31-19?. The number of nitrogens with two attached hydrogens (primary N) is 1. The zero-order chi connectivity index (χ0) is 29.5. The summed E-state index contributed by atoms with van der Waals surface area (Å²) < 4.78 is 5.48. The van der Waals surface area contributed by atoms with Gasteiger partial charge in [0.25, 0.3) is 0 Å². The Labute approximate surface area is 242 Å². The number of piperazine rings is 1. The molecule has 2 aliphatic rings. The molecule has 1 saturated heterocycles. The molecule has 2 fully saturated rings. The zero-order valence-corrected chi connectivity index (χ0v) is 24.8. The van der Waals surface area contributed by atoms with Gasteiger partial charge in [0.2, 0.25) is 0 Å². The molecule has 1 aliphatic carbocycles. The van der Waals surface area contributed by atoms with Crippen LogP contribution in [0.3, 0.4) is 0 Å². The predicted molar refractivity (Wildman–Crippen MR) is 161 cm³/mol. The molecule has 3 amide bonds. The Morgan fingerprint density at radius 2 is 1.88 bits per heavy atom. The van der Waals surface area contributed by atoms with Crippen molar-refractivity contribution in [1.29, 1.82) is 5.41 Å². The van der Waals surface area contributed by atoms with E-state index in [0.29, 0.717) is 24.4 Å². The number of pyridine rings is 2. The second-order valence-corrected chi connectivity index (χ2v) is 12.3. The third-order valence-electron chi connectivity index (χ3n) is 7.56. The number of fused-ring (bicyclic) bond motifs is 1. The Kier molecular flexibility index (Phi) is 9.93. The van der Waals surface area contributed by atoms with Gasteiger partial charge in [-0.1, -0.05) is 12.8 Å². The molecule has 0 spiro atoms. The van der Waals surface area contributed by atoms with Crippen LogP contribution in [0.25, 0.3) is 16.6 Å². The molecule has 5 N–H and O–H groups in total. The number of rotatable bonds is 9. The van der Waals surface area contributed by atoms with Crippen molar-refractivity contribution in [2.45, 2.75) is 70.9 Å². The SMILES string of the molecule is CC1(NC(=O)Nc2ccc3ncc(/C(C=N)=C/[NH2+]CCCN4CCN(C(=O)OC(C)(C)C)CC4)cc3n2)CCCC1. The van der Waals surface area contributed by atoms with E-state index in [1.807, 2.05) is 39.1 Å². The molecular formula is C30H45N8O3+. The summed E-state index contributed by atoms with van der Waals surface area (Å²) in [4.78, 5) is 38.1. The molecule has 4 rings (SSSR count). The number of quaternary nitrogens is 1. The highest BCUT2D eigenvalue weighted by molar-refractivity contribution is 6.08. The first-order chi connectivity index (χ1) is 19.5. The highest BCUT2D eigenvalue weighted by Crippen LogP contribution is 2.29. The number of ether oxygens (including phenoxy) is 1. The fraction of sp³-hybridized carbons (Fsp3) is 0.567. The maximum absolute atomic E-state index is 12.5. The normalized spacial score (nSPS) is 17.9. The quantitative estimate of drug-likeness (QED) is 0.271. The van der Waals surface area contributed by atoms with E-state index in [0.717, 1.165) is 74.9 Å². The number of aromatic nitrogens is 2. The third kappa shape index (κ3) is 8.96. The van der Waals surface area contributed by atoms with Crippen LogP contribution in [0, 0.1) is 5.41 Å². The van der Waals surface area contributed by atoms with Crippen molar-refractivity contribution in [3.63, 3.8) is 0 Å². The van der Waals surface area contributed by atoms with Crippen molar-refractivity contribution in [2.75, 3.05) is 44.6 Å². The molecule has 0 radical (unpaired) electrons. The van der Waals surface area contributed by atoms with Crippen molar-refractivity contribution in [3.8, 4) is 0 Å². The second-order valence-electron chi connectivity index (χ2n) is 12.3. The molecule has 11 heteroatoms. The summed E-state index contributed by atoms with van der Waals surface area (Å²) in [5, 5.41) is 16.0. The van der Waals surface area contributed by atoms with Gasteiger partial charge in [0.1, 0.15) is 17.6 Å². The Bertz CT molecular complexity index is 1260. The first kappa shape index (κ1) is 30.4. The lowest BCUT2D eigenvalue weighted by molar-refractivity contribution is -0.587. The van der Waals surface area contributed by atoms with E-state index in [9.17, 15) is 9.59 Å². The van der Waals surface area contributed by atoms with Crippen molar-refractivity contribution in [1.82, 2.24) is 25.1 Å². The molecule has 3 heterocycles. The lowest BCUT2D eigenvalue weighted by Crippen LogP contribution is -2.78. The summed E-state index contributed by atoms with van der Waals surface area (Å²) in [6, 6.07) is 5.25. The topological polar surface area (TPSA) is 140 Å². The highest BCUT2D eigenvalue weighted by atomic mass is 16.6. The number of amides is 3. The summed E-state index contributed by atoms with van der Waals surface area (Å²) in [6.45, 7) is 12.6. The van der Waals surface area contributed by atoms with Crippen LogP contribution >= 0.6 is 0 Å². The number of allylic oxidation sites excluding steroid dienone is 1. The van der Waals surface area contributed by atoms with E-state index < -0.39 is 5.60 Å². The van der Waals surface area contributed by atoms with E-state index in [-0.39, 0.29) is 17.7 Å². The summed E-state index contributed by atoms with van der Waals surface area (Å²) in [6.07, 6.45) is 10.0. The van der Waals surface area contributed by atoms with Gasteiger partial charge < -0.3 is 25.7 Å². The van der Waals surface area contributed by atoms with Crippen LogP contribution in [-0.2, 0) is 4.74 Å². The van der Waals surface area contributed by atoms with Gasteiger partial charge in [-0.3, -0.25) is 15.2 Å². The van der Waals surface area contributed by atoms with E-state index in [2.05, 4.69) is 37.7 Å². The minimum absolute atomic E-state index is 0.160. The second kappa shape index (κ2) is 13.4. The number of nitrogens with one attached hydrogen (secondary N) is 3. The zero-order valence-electron chi connectivity index (χ0n) is 24.8. The molecule has 0 bridgehead atoms. The summed E-state index contributed by atoms with van der Waals surface area (Å²) in [7, 11) is 0. The first-order valence-corrected chi connectivity index (χ1v) is 14.6. The van der Waals surface area contributed by atoms with Crippen LogP contribution in [0.15, 0.2) is 30.6 Å². The van der Waals surface area contributed by atoms with Crippen molar-refractivity contribution < 1.29 is 19.6 Å². The number of urea groups is 1. The predicted octanol–water partition coefficient (Wildman–Crippen LogP) is 3.58. The largest absolute Gasteiger partial charge is 0.444 e. The fourth-order valence-corrected chi connectivity index (χ4v) is 5.29. The maximum atomic E-state index is 12.5. The Balaban J connectivity index is 1.25. The minimum Gasteiger partial charge on any atom is -0.444 e. The van der Waals surface area contributed by atoms with Crippen molar-refractivity contribution >= 4 is 40.8 Å². The molecule has 11 nitrogen and oxygen atoms in total.